The van der Waals surface area contributed by atoms with Crippen molar-refractivity contribution in [3.8, 4) is 0 Å². The van der Waals surface area contributed by atoms with Crippen molar-refractivity contribution in [1.82, 2.24) is 0 Å². The van der Waals surface area contributed by atoms with E-state index in [0.29, 0.717) is 0 Å². The van der Waals surface area contributed by atoms with Crippen molar-refractivity contribution in [2.75, 3.05) is 19.8 Å². The first-order valence-electron chi connectivity index (χ1n) is 6.45. The van der Waals surface area contributed by atoms with Gasteiger partial charge in [-0.05, 0) is 0 Å². The van der Waals surface area contributed by atoms with Gasteiger partial charge in [0.25, 0.3) is 0 Å². The molecule has 0 aromatic heterocycles. The average molecular weight is 312 g/mol. The Morgan fingerprint density at radius 1 is 1.00 bits per heavy atom. The minimum absolute atomic E-state index is 0.341. The van der Waals surface area contributed by atoms with Crippen LogP contribution in [0.25, 0.3) is 0 Å². The van der Waals surface area contributed by atoms with Crippen LogP contribution < -0.4 is 0 Å². The Hall–Kier alpha value is -0.400. The summed E-state index contributed by atoms with van der Waals surface area (Å²) >= 11 is 0. The molecule has 2 saturated heterocycles. The second-order valence-electron chi connectivity index (χ2n) is 5.11. The largest absolute Gasteiger partial charge is 0.394 e. The smallest absolute Gasteiger partial charge is 0.224 e. The van der Waals surface area contributed by atoms with Crippen LogP contribution >= 0.6 is 0 Å². The molecule has 2 aliphatic heterocycles. The maximum Gasteiger partial charge on any atom is 0.224 e. The SMILES string of the molecule is OC[C@@H]1O[C@@](CO)(O[C@@H]2OC[C@H](O)[C@H](O)C2O)[C@H](O)C1O. The summed E-state index contributed by atoms with van der Waals surface area (Å²) in [6, 6.07) is 0. The van der Waals surface area contributed by atoms with Crippen molar-refractivity contribution < 1.29 is 50.0 Å². The summed E-state index contributed by atoms with van der Waals surface area (Å²) in [6.07, 6.45) is -10.4. The van der Waals surface area contributed by atoms with Gasteiger partial charge < -0.3 is 50.0 Å². The van der Waals surface area contributed by atoms with E-state index in [1.807, 2.05) is 0 Å². The summed E-state index contributed by atoms with van der Waals surface area (Å²) in [4.78, 5) is 0. The molecule has 0 radical (unpaired) electrons. The van der Waals surface area contributed by atoms with E-state index in [1.165, 1.54) is 0 Å². The van der Waals surface area contributed by atoms with Gasteiger partial charge in [-0.3, -0.25) is 0 Å². The third kappa shape index (κ3) is 2.92. The van der Waals surface area contributed by atoms with Gasteiger partial charge in [0.2, 0.25) is 5.79 Å². The molecule has 0 aromatic carbocycles. The van der Waals surface area contributed by atoms with Crippen LogP contribution in [0.5, 0.6) is 0 Å². The van der Waals surface area contributed by atoms with Crippen LogP contribution in [0.15, 0.2) is 0 Å². The lowest BCUT2D eigenvalue weighted by Gasteiger charge is -2.40. The second-order valence-corrected chi connectivity index (χ2v) is 5.11. The minimum Gasteiger partial charge on any atom is -0.394 e. The third-order valence-electron chi connectivity index (χ3n) is 3.68. The van der Waals surface area contributed by atoms with Gasteiger partial charge in [0.15, 0.2) is 6.29 Å². The zero-order valence-electron chi connectivity index (χ0n) is 11.0. The lowest BCUT2D eigenvalue weighted by atomic mass is 10.0. The molecule has 0 amide bonds. The molecule has 2 fully saturated rings. The number of ether oxygens (including phenoxy) is 3. The molecular formula is C11H20O10. The summed E-state index contributed by atoms with van der Waals surface area (Å²) in [6.45, 7) is -1.86. The topological polar surface area (TPSA) is 169 Å². The highest BCUT2D eigenvalue weighted by molar-refractivity contribution is 4.97. The fraction of sp³-hybridized carbons (Fsp3) is 1.00. The van der Waals surface area contributed by atoms with Gasteiger partial charge in [0, 0.05) is 0 Å². The first kappa shape index (κ1) is 17.0. The molecule has 10 nitrogen and oxygen atoms in total. The lowest BCUT2D eigenvalue weighted by molar-refractivity contribution is -0.370. The Morgan fingerprint density at radius 3 is 2.19 bits per heavy atom. The maximum atomic E-state index is 9.92. The molecule has 21 heavy (non-hydrogen) atoms. The number of rotatable bonds is 4. The van der Waals surface area contributed by atoms with Gasteiger partial charge in [-0.15, -0.1) is 0 Å². The second kappa shape index (κ2) is 6.38. The van der Waals surface area contributed by atoms with E-state index >= 15 is 0 Å². The monoisotopic (exact) mass is 312 g/mol. The van der Waals surface area contributed by atoms with Crippen LogP contribution in [-0.4, -0.2) is 104 Å². The molecule has 124 valence electrons. The average Bonchev–Trinajstić information content (AvgIpc) is 2.73. The van der Waals surface area contributed by atoms with Crippen LogP contribution in [-0.2, 0) is 14.2 Å². The predicted molar refractivity (Wildman–Crippen MR) is 62.6 cm³/mol. The highest BCUT2D eigenvalue weighted by Gasteiger charge is 2.57. The number of hydrogen-bond acceptors (Lipinski definition) is 10. The Labute approximate surface area is 119 Å². The number of hydrogen-bond donors (Lipinski definition) is 7. The zero-order valence-corrected chi connectivity index (χ0v) is 11.0. The molecule has 0 aliphatic carbocycles. The van der Waals surface area contributed by atoms with Gasteiger partial charge in [0.1, 0.15) is 43.2 Å². The number of aliphatic hydroxyl groups excluding tert-OH is 7. The van der Waals surface area contributed by atoms with E-state index in [0.717, 1.165) is 0 Å². The Kier molecular flexibility index (Phi) is 5.15. The zero-order chi connectivity index (χ0) is 15.8. The fourth-order valence-electron chi connectivity index (χ4n) is 2.35. The van der Waals surface area contributed by atoms with Crippen molar-refractivity contribution in [2.24, 2.45) is 0 Å². The van der Waals surface area contributed by atoms with Gasteiger partial charge in [-0.2, -0.15) is 0 Å². The lowest BCUT2D eigenvalue weighted by Crippen LogP contribution is -2.59. The normalized spacial score (nSPS) is 51.3. The standard InChI is InChI=1S/C11H20O10/c12-1-5-7(16)9(18)11(3-13,20-5)21-10-8(17)6(15)4(14)2-19-10/h4-10,12-18H,1-3H2/t4-,5-,6-,7?,8?,9+,10-,11-/m0/s1. The summed E-state index contributed by atoms with van der Waals surface area (Å²) in [5.41, 5.74) is 0. The quantitative estimate of drug-likeness (QED) is 0.267. The molecule has 0 spiro atoms. The predicted octanol–water partition coefficient (Wildman–Crippen LogP) is -4.76. The van der Waals surface area contributed by atoms with Crippen LogP contribution in [0.1, 0.15) is 0 Å². The van der Waals surface area contributed by atoms with Gasteiger partial charge in [0.05, 0.1) is 13.2 Å². The van der Waals surface area contributed by atoms with Gasteiger partial charge in [-0.1, -0.05) is 0 Å². The summed E-state index contributed by atoms with van der Waals surface area (Å²) in [5, 5.41) is 66.7. The van der Waals surface area contributed by atoms with E-state index in [4.69, 9.17) is 19.3 Å². The Morgan fingerprint density at radius 2 is 1.67 bits per heavy atom. The molecule has 2 aliphatic rings. The highest BCUT2D eigenvalue weighted by atomic mass is 16.8. The van der Waals surface area contributed by atoms with Crippen molar-refractivity contribution >= 4 is 0 Å². The van der Waals surface area contributed by atoms with Crippen molar-refractivity contribution in [1.29, 1.82) is 0 Å². The van der Waals surface area contributed by atoms with Crippen molar-refractivity contribution in [2.45, 2.75) is 48.7 Å². The molecule has 7 N–H and O–H groups in total. The van der Waals surface area contributed by atoms with Crippen LogP contribution in [0.2, 0.25) is 0 Å². The molecule has 10 heteroatoms. The van der Waals surface area contributed by atoms with Gasteiger partial charge >= 0.3 is 0 Å². The first-order chi connectivity index (χ1) is 9.86. The summed E-state index contributed by atoms with van der Waals surface area (Å²) < 4.78 is 15.3. The molecule has 2 heterocycles. The van der Waals surface area contributed by atoms with Crippen LogP contribution in [0.3, 0.4) is 0 Å². The Bertz CT molecular complexity index is 354. The van der Waals surface area contributed by atoms with E-state index in [2.05, 4.69) is 0 Å². The molecule has 0 bridgehead atoms. The molecule has 2 rings (SSSR count). The third-order valence-corrected chi connectivity index (χ3v) is 3.68. The molecular weight excluding hydrogens is 292 g/mol. The molecule has 0 saturated carbocycles. The molecule has 2 unspecified atom stereocenters. The van der Waals surface area contributed by atoms with E-state index in [-0.39, 0.29) is 6.61 Å². The number of aliphatic hydroxyl groups is 7. The summed E-state index contributed by atoms with van der Waals surface area (Å²) in [5.74, 6) is -2.12. The van der Waals surface area contributed by atoms with Crippen molar-refractivity contribution in [3.63, 3.8) is 0 Å². The minimum atomic E-state index is -2.12. The van der Waals surface area contributed by atoms with E-state index in [9.17, 15) is 30.6 Å². The first-order valence-corrected chi connectivity index (χ1v) is 6.45. The van der Waals surface area contributed by atoms with Crippen molar-refractivity contribution in [3.05, 3.63) is 0 Å². The molecule has 8 atom stereocenters. The Balaban J connectivity index is 2.12. The maximum absolute atomic E-state index is 9.92. The summed E-state index contributed by atoms with van der Waals surface area (Å²) in [7, 11) is 0. The van der Waals surface area contributed by atoms with E-state index < -0.39 is 61.9 Å². The van der Waals surface area contributed by atoms with E-state index in [1.54, 1.807) is 0 Å². The van der Waals surface area contributed by atoms with Crippen LogP contribution in [0, 0.1) is 0 Å². The van der Waals surface area contributed by atoms with Crippen LogP contribution in [0.4, 0.5) is 0 Å². The highest BCUT2D eigenvalue weighted by Crippen LogP contribution is 2.35. The fourth-order valence-corrected chi connectivity index (χ4v) is 2.35. The molecule has 0 aromatic rings. The van der Waals surface area contributed by atoms with Gasteiger partial charge in [-0.25, -0.2) is 0 Å².